The van der Waals surface area contributed by atoms with Gasteiger partial charge in [-0.3, -0.25) is 14.4 Å². The third kappa shape index (κ3) is 5.96. The van der Waals surface area contributed by atoms with Crippen LogP contribution in [0.5, 0.6) is 5.75 Å². The minimum absolute atomic E-state index is 0.0973. The van der Waals surface area contributed by atoms with E-state index in [0.29, 0.717) is 43.9 Å². The second-order valence-corrected chi connectivity index (χ2v) is 6.55. The standard InChI is InChI=1S/C19H26N2O6/c1-20(13-17(22)21-8-4-6-15(12-21)19(24)25)18(23)14-5-3-7-16(11-14)27-10-9-26-2/h3,5,7,11,15H,4,6,8-10,12-13H2,1-2H3,(H,24,25). The van der Waals surface area contributed by atoms with Gasteiger partial charge in [0.15, 0.2) is 0 Å². The van der Waals surface area contributed by atoms with E-state index in [9.17, 15) is 14.4 Å². The van der Waals surface area contributed by atoms with E-state index in [-0.39, 0.29) is 24.9 Å². The van der Waals surface area contributed by atoms with Gasteiger partial charge in [-0.05, 0) is 31.0 Å². The number of likely N-dealkylation sites (N-methyl/N-ethyl adjacent to an activating group) is 1. The summed E-state index contributed by atoms with van der Waals surface area (Å²) in [5.74, 6) is -1.42. The van der Waals surface area contributed by atoms with Gasteiger partial charge in [0.2, 0.25) is 5.91 Å². The Kier molecular flexibility index (Phi) is 7.60. The summed E-state index contributed by atoms with van der Waals surface area (Å²) in [6.45, 7) is 1.44. The summed E-state index contributed by atoms with van der Waals surface area (Å²) in [6.07, 6.45) is 1.23. The number of carboxylic acid groups (broad SMARTS) is 1. The lowest BCUT2D eigenvalue weighted by molar-refractivity contribution is -0.145. The summed E-state index contributed by atoms with van der Waals surface area (Å²) in [7, 11) is 3.13. The van der Waals surface area contributed by atoms with Crippen molar-refractivity contribution in [3.63, 3.8) is 0 Å². The number of nitrogens with zero attached hydrogens (tertiary/aromatic N) is 2. The topological polar surface area (TPSA) is 96.4 Å². The molecule has 0 radical (unpaired) electrons. The van der Waals surface area contributed by atoms with Crippen LogP contribution in [0, 0.1) is 5.92 Å². The lowest BCUT2D eigenvalue weighted by Gasteiger charge is -2.32. The quantitative estimate of drug-likeness (QED) is 0.681. The van der Waals surface area contributed by atoms with Crippen LogP contribution in [-0.4, -0.2) is 79.7 Å². The molecule has 148 valence electrons. The first-order valence-corrected chi connectivity index (χ1v) is 8.90. The summed E-state index contributed by atoms with van der Waals surface area (Å²) in [6, 6.07) is 6.75. The van der Waals surface area contributed by atoms with Crippen molar-refractivity contribution in [1.82, 2.24) is 9.80 Å². The van der Waals surface area contributed by atoms with E-state index in [1.807, 2.05) is 0 Å². The van der Waals surface area contributed by atoms with E-state index in [1.165, 1.54) is 9.80 Å². The zero-order valence-corrected chi connectivity index (χ0v) is 15.7. The summed E-state index contributed by atoms with van der Waals surface area (Å²) in [5.41, 5.74) is 0.419. The highest BCUT2D eigenvalue weighted by atomic mass is 16.5. The monoisotopic (exact) mass is 378 g/mol. The summed E-state index contributed by atoms with van der Waals surface area (Å²) in [4.78, 5) is 39.1. The number of rotatable bonds is 8. The van der Waals surface area contributed by atoms with Crippen LogP contribution in [0.1, 0.15) is 23.2 Å². The predicted molar refractivity (Wildman–Crippen MR) is 97.7 cm³/mol. The third-order valence-corrected chi connectivity index (χ3v) is 4.48. The molecule has 1 aliphatic heterocycles. The highest BCUT2D eigenvalue weighted by Crippen LogP contribution is 2.18. The molecule has 0 bridgehead atoms. The zero-order valence-electron chi connectivity index (χ0n) is 15.7. The van der Waals surface area contributed by atoms with Crippen molar-refractivity contribution in [3.05, 3.63) is 29.8 Å². The molecule has 1 fully saturated rings. The third-order valence-electron chi connectivity index (χ3n) is 4.48. The molecule has 0 aliphatic carbocycles. The molecule has 1 aliphatic rings. The van der Waals surface area contributed by atoms with Crippen molar-refractivity contribution in [2.24, 2.45) is 5.92 Å². The molecule has 8 nitrogen and oxygen atoms in total. The number of carboxylic acids is 1. The van der Waals surface area contributed by atoms with Crippen molar-refractivity contribution in [1.29, 1.82) is 0 Å². The maximum absolute atomic E-state index is 12.6. The lowest BCUT2D eigenvalue weighted by Crippen LogP contribution is -2.46. The molecule has 1 heterocycles. The van der Waals surface area contributed by atoms with Gasteiger partial charge in [-0.15, -0.1) is 0 Å². The Morgan fingerprint density at radius 1 is 1.30 bits per heavy atom. The zero-order chi connectivity index (χ0) is 19.8. The average Bonchev–Trinajstić information content (AvgIpc) is 2.67. The Bertz CT molecular complexity index is 678. The molecule has 1 N–H and O–H groups in total. The summed E-state index contributed by atoms with van der Waals surface area (Å²) >= 11 is 0. The molecule has 1 aromatic rings. The highest BCUT2D eigenvalue weighted by Gasteiger charge is 2.29. The van der Waals surface area contributed by atoms with Crippen LogP contribution in [-0.2, 0) is 14.3 Å². The van der Waals surface area contributed by atoms with Gasteiger partial charge < -0.3 is 24.4 Å². The molecular weight excluding hydrogens is 352 g/mol. The molecule has 27 heavy (non-hydrogen) atoms. The van der Waals surface area contributed by atoms with Crippen molar-refractivity contribution in [2.75, 3.05) is 47.0 Å². The fraction of sp³-hybridized carbons (Fsp3) is 0.526. The second-order valence-electron chi connectivity index (χ2n) is 6.55. The first-order valence-electron chi connectivity index (χ1n) is 8.90. The van der Waals surface area contributed by atoms with E-state index >= 15 is 0 Å². The maximum Gasteiger partial charge on any atom is 0.308 e. The normalized spacial score (nSPS) is 16.7. The fourth-order valence-electron chi connectivity index (χ4n) is 2.96. The average molecular weight is 378 g/mol. The van der Waals surface area contributed by atoms with E-state index < -0.39 is 11.9 Å². The number of carbonyl (C=O) groups excluding carboxylic acids is 2. The molecule has 1 unspecified atom stereocenters. The number of aliphatic carboxylic acids is 1. The van der Waals surface area contributed by atoms with Crippen LogP contribution in [0.3, 0.4) is 0 Å². The highest BCUT2D eigenvalue weighted by molar-refractivity contribution is 5.96. The van der Waals surface area contributed by atoms with E-state index in [4.69, 9.17) is 14.6 Å². The predicted octanol–water partition coefficient (Wildman–Crippen LogP) is 1.11. The molecule has 0 saturated carbocycles. The van der Waals surface area contributed by atoms with Crippen LogP contribution < -0.4 is 4.74 Å². The molecule has 0 spiro atoms. The number of likely N-dealkylation sites (tertiary alicyclic amines) is 1. The van der Waals surface area contributed by atoms with Gasteiger partial charge in [0.05, 0.1) is 19.1 Å². The van der Waals surface area contributed by atoms with Crippen molar-refractivity contribution in [2.45, 2.75) is 12.8 Å². The van der Waals surface area contributed by atoms with Crippen molar-refractivity contribution >= 4 is 17.8 Å². The molecule has 1 saturated heterocycles. The Morgan fingerprint density at radius 2 is 2.07 bits per heavy atom. The maximum atomic E-state index is 12.6. The number of ether oxygens (including phenoxy) is 2. The van der Waals surface area contributed by atoms with Gasteiger partial charge in [-0.1, -0.05) is 6.07 Å². The van der Waals surface area contributed by atoms with Crippen LogP contribution in [0.25, 0.3) is 0 Å². The molecule has 1 atom stereocenters. The molecule has 8 heteroatoms. The number of methoxy groups -OCH3 is 1. The Balaban J connectivity index is 1.93. The second kappa shape index (κ2) is 9.91. The van der Waals surface area contributed by atoms with Gasteiger partial charge in [0.25, 0.3) is 5.91 Å². The number of amides is 2. The fourth-order valence-corrected chi connectivity index (χ4v) is 2.96. The first kappa shape index (κ1) is 20.7. The van der Waals surface area contributed by atoms with Crippen LogP contribution in [0.15, 0.2) is 24.3 Å². The molecular formula is C19H26N2O6. The van der Waals surface area contributed by atoms with Gasteiger partial charge >= 0.3 is 5.97 Å². The van der Waals surface area contributed by atoms with Crippen LogP contribution in [0.2, 0.25) is 0 Å². The lowest BCUT2D eigenvalue weighted by atomic mass is 9.98. The van der Waals surface area contributed by atoms with Gasteiger partial charge in [-0.2, -0.15) is 0 Å². The minimum Gasteiger partial charge on any atom is -0.491 e. The first-order chi connectivity index (χ1) is 12.9. The summed E-state index contributed by atoms with van der Waals surface area (Å²) in [5, 5.41) is 9.14. The van der Waals surface area contributed by atoms with Crippen LogP contribution >= 0.6 is 0 Å². The van der Waals surface area contributed by atoms with E-state index in [0.717, 1.165) is 0 Å². The van der Waals surface area contributed by atoms with Gasteiger partial charge in [-0.25, -0.2) is 0 Å². The number of hydrogen-bond acceptors (Lipinski definition) is 5. The van der Waals surface area contributed by atoms with E-state index in [2.05, 4.69) is 0 Å². The number of piperidine rings is 1. The Labute approximate surface area is 158 Å². The number of carbonyl (C=O) groups is 3. The van der Waals surface area contributed by atoms with Gasteiger partial charge in [0, 0.05) is 32.8 Å². The SMILES string of the molecule is COCCOc1cccc(C(=O)N(C)CC(=O)N2CCCC(C(=O)O)C2)c1. The molecule has 0 aromatic heterocycles. The molecule has 1 aromatic carbocycles. The van der Waals surface area contributed by atoms with Crippen molar-refractivity contribution < 1.29 is 29.0 Å². The van der Waals surface area contributed by atoms with Crippen molar-refractivity contribution in [3.8, 4) is 5.75 Å². The largest absolute Gasteiger partial charge is 0.491 e. The smallest absolute Gasteiger partial charge is 0.308 e. The Morgan fingerprint density at radius 3 is 2.78 bits per heavy atom. The number of hydrogen-bond donors (Lipinski definition) is 1. The number of benzene rings is 1. The van der Waals surface area contributed by atoms with E-state index in [1.54, 1.807) is 38.4 Å². The summed E-state index contributed by atoms with van der Waals surface area (Å²) < 4.78 is 10.4. The van der Waals surface area contributed by atoms with Crippen LogP contribution in [0.4, 0.5) is 0 Å². The van der Waals surface area contributed by atoms with Gasteiger partial charge in [0.1, 0.15) is 12.4 Å². The molecule has 2 amide bonds. The Hall–Kier alpha value is -2.61. The minimum atomic E-state index is -0.887. The molecule has 2 rings (SSSR count).